The number of benzene rings is 3. The Morgan fingerprint density at radius 3 is 2.23 bits per heavy atom. The summed E-state index contributed by atoms with van der Waals surface area (Å²) in [5.74, 6) is 0.288. The largest absolute Gasteiger partial charge is 0.489 e. The molecule has 30 heavy (non-hydrogen) atoms. The third kappa shape index (κ3) is 4.42. The number of carbonyl (C=O) groups excluding carboxylic acids is 1. The number of Topliss-reactive ketones (excluding diaryl/α,β-unsaturated/α-hetero) is 1. The van der Waals surface area contributed by atoms with E-state index in [0.717, 1.165) is 16.9 Å². The zero-order valence-corrected chi connectivity index (χ0v) is 17.2. The van der Waals surface area contributed by atoms with Crippen LogP contribution in [0, 0.1) is 5.92 Å². The molecule has 1 saturated heterocycles. The second-order valence-corrected chi connectivity index (χ2v) is 7.56. The topological polar surface area (TPSA) is 50.4 Å². The van der Waals surface area contributed by atoms with E-state index in [1.165, 1.54) is 0 Å². The van der Waals surface area contributed by atoms with Crippen LogP contribution in [0.3, 0.4) is 0 Å². The number of hydrogen-bond donors (Lipinski definition) is 2. The van der Waals surface area contributed by atoms with Crippen LogP contribution >= 0.6 is 12.2 Å². The van der Waals surface area contributed by atoms with Gasteiger partial charge in [-0.25, -0.2) is 0 Å². The number of thiocarbonyl (C=S) groups is 1. The molecule has 3 aromatic carbocycles. The van der Waals surface area contributed by atoms with E-state index in [0.29, 0.717) is 23.0 Å². The Kier molecular flexibility index (Phi) is 5.91. The van der Waals surface area contributed by atoms with Crippen LogP contribution in [-0.4, -0.2) is 10.9 Å². The van der Waals surface area contributed by atoms with Crippen molar-refractivity contribution in [3.63, 3.8) is 0 Å². The summed E-state index contributed by atoms with van der Waals surface area (Å²) < 4.78 is 5.88. The van der Waals surface area contributed by atoms with Gasteiger partial charge < -0.3 is 15.4 Å². The van der Waals surface area contributed by atoms with E-state index in [9.17, 15) is 4.79 Å². The molecule has 2 atom stereocenters. The molecule has 150 valence electrons. The minimum Gasteiger partial charge on any atom is -0.489 e. The Morgan fingerprint density at radius 2 is 1.57 bits per heavy atom. The summed E-state index contributed by atoms with van der Waals surface area (Å²) in [6, 6.07) is 26.7. The van der Waals surface area contributed by atoms with Crippen LogP contribution in [0.4, 0.5) is 0 Å². The molecule has 1 heterocycles. The fourth-order valence-corrected chi connectivity index (χ4v) is 3.82. The second kappa shape index (κ2) is 8.93. The van der Waals surface area contributed by atoms with Crippen molar-refractivity contribution in [3.8, 4) is 5.75 Å². The van der Waals surface area contributed by atoms with Crippen molar-refractivity contribution in [2.75, 3.05) is 0 Å². The van der Waals surface area contributed by atoms with Gasteiger partial charge in [0.05, 0.1) is 12.0 Å². The highest BCUT2D eigenvalue weighted by molar-refractivity contribution is 7.80. The van der Waals surface area contributed by atoms with Gasteiger partial charge in [-0.1, -0.05) is 79.4 Å². The maximum Gasteiger partial charge on any atom is 0.174 e. The minimum atomic E-state index is -0.477. The highest BCUT2D eigenvalue weighted by Gasteiger charge is 2.36. The maximum absolute atomic E-state index is 13.2. The Labute approximate surface area is 181 Å². The Morgan fingerprint density at radius 1 is 0.933 bits per heavy atom. The summed E-state index contributed by atoms with van der Waals surface area (Å²) in [4.78, 5) is 13.2. The quantitative estimate of drug-likeness (QED) is 0.448. The molecule has 0 amide bonds. The molecular weight excluding hydrogens is 392 g/mol. The van der Waals surface area contributed by atoms with E-state index >= 15 is 0 Å². The smallest absolute Gasteiger partial charge is 0.174 e. The standard InChI is InChI=1S/C25H22N2O2S/c1-17-22(24(28)20-10-6-3-7-11-20)23(27-25(30)26-17)19-12-14-21(15-13-19)29-16-18-8-4-2-5-9-18/h2-15,22-23H,1,16H2,(H2,26,27,30)/t22-,23-/m0/s1. The predicted molar refractivity (Wildman–Crippen MR) is 122 cm³/mol. The van der Waals surface area contributed by atoms with Crippen LogP contribution in [0.5, 0.6) is 5.75 Å². The molecule has 0 unspecified atom stereocenters. The molecule has 0 aliphatic carbocycles. The predicted octanol–water partition coefficient (Wildman–Crippen LogP) is 4.80. The summed E-state index contributed by atoms with van der Waals surface area (Å²) in [6.45, 7) is 4.57. The average molecular weight is 415 g/mol. The van der Waals surface area contributed by atoms with Gasteiger partial charge in [0.1, 0.15) is 12.4 Å². The van der Waals surface area contributed by atoms with Crippen LogP contribution in [0.25, 0.3) is 0 Å². The van der Waals surface area contributed by atoms with E-state index in [-0.39, 0.29) is 11.8 Å². The highest BCUT2D eigenvalue weighted by atomic mass is 32.1. The molecule has 4 rings (SSSR count). The second-order valence-electron chi connectivity index (χ2n) is 7.15. The first-order valence-electron chi connectivity index (χ1n) is 9.74. The average Bonchev–Trinajstić information content (AvgIpc) is 2.78. The Hall–Kier alpha value is -3.44. The van der Waals surface area contributed by atoms with Crippen molar-refractivity contribution in [1.82, 2.24) is 10.6 Å². The Balaban J connectivity index is 1.54. The number of ketones is 1. The molecule has 0 spiro atoms. The van der Waals surface area contributed by atoms with E-state index < -0.39 is 5.92 Å². The van der Waals surface area contributed by atoms with Gasteiger partial charge in [-0.2, -0.15) is 0 Å². The summed E-state index contributed by atoms with van der Waals surface area (Å²) in [5, 5.41) is 6.71. The van der Waals surface area contributed by atoms with Gasteiger partial charge in [0.15, 0.2) is 10.9 Å². The molecule has 2 N–H and O–H groups in total. The van der Waals surface area contributed by atoms with E-state index in [1.54, 1.807) is 0 Å². The number of ether oxygens (including phenoxy) is 1. The number of rotatable bonds is 6. The van der Waals surface area contributed by atoms with Gasteiger partial charge in [-0.15, -0.1) is 0 Å². The lowest BCUT2D eigenvalue weighted by atomic mass is 9.83. The number of carbonyl (C=O) groups is 1. The maximum atomic E-state index is 13.2. The first kappa shape index (κ1) is 19.9. The van der Waals surface area contributed by atoms with Gasteiger partial charge in [-0.3, -0.25) is 4.79 Å². The normalized spacial score (nSPS) is 18.3. The summed E-state index contributed by atoms with van der Waals surface area (Å²) in [6.07, 6.45) is 0. The molecule has 0 radical (unpaired) electrons. The lowest BCUT2D eigenvalue weighted by molar-refractivity contribution is 0.0912. The molecule has 4 nitrogen and oxygen atoms in total. The summed E-state index contributed by atoms with van der Waals surface area (Å²) >= 11 is 5.32. The van der Waals surface area contributed by atoms with Crippen LogP contribution in [0.15, 0.2) is 97.2 Å². The molecule has 0 bridgehead atoms. The van der Waals surface area contributed by atoms with Gasteiger partial charge in [0, 0.05) is 11.3 Å². The molecule has 3 aromatic rings. The fraction of sp³-hybridized carbons (Fsp3) is 0.120. The lowest BCUT2D eigenvalue weighted by Crippen LogP contribution is -2.50. The SMILES string of the molecule is C=C1NC(=S)N[C@@H](c2ccc(OCc3ccccc3)cc2)[C@H]1C(=O)c1ccccc1. The van der Waals surface area contributed by atoms with Crippen LogP contribution in [-0.2, 0) is 6.61 Å². The molecule has 1 fully saturated rings. The van der Waals surface area contributed by atoms with Crippen LogP contribution in [0.2, 0.25) is 0 Å². The van der Waals surface area contributed by atoms with Gasteiger partial charge in [-0.05, 0) is 35.5 Å². The molecule has 1 aliphatic rings. The van der Waals surface area contributed by atoms with Crippen molar-refractivity contribution in [2.24, 2.45) is 5.92 Å². The van der Waals surface area contributed by atoms with Crippen molar-refractivity contribution in [1.29, 1.82) is 0 Å². The van der Waals surface area contributed by atoms with E-state index in [2.05, 4.69) is 17.2 Å². The van der Waals surface area contributed by atoms with Crippen LogP contribution in [0.1, 0.15) is 27.5 Å². The third-order valence-electron chi connectivity index (χ3n) is 5.10. The van der Waals surface area contributed by atoms with E-state index in [4.69, 9.17) is 17.0 Å². The minimum absolute atomic E-state index is 0.00231. The van der Waals surface area contributed by atoms with Gasteiger partial charge >= 0.3 is 0 Å². The zero-order valence-electron chi connectivity index (χ0n) is 16.4. The summed E-state index contributed by atoms with van der Waals surface area (Å²) in [5.41, 5.74) is 3.30. The third-order valence-corrected chi connectivity index (χ3v) is 5.32. The number of hydrogen-bond acceptors (Lipinski definition) is 3. The van der Waals surface area contributed by atoms with Gasteiger partial charge in [0.25, 0.3) is 0 Å². The highest BCUT2D eigenvalue weighted by Crippen LogP contribution is 2.33. The zero-order chi connectivity index (χ0) is 20.9. The van der Waals surface area contributed by atoms with E-state index in [1.807, 2.05) is 84.9 Å². The lowest BCUT2D eigenvalue weighted by Gasteiger charge is -2.35. The monoisotopic (exact) mass is 414 g/mol. The molecule has 5 heteroatoms. The fourth-order valence-electron chi connectivity index (χ4n) is 3.57. The first-order chi connectivity index (χ1) is 14.6. The van der Waals surface area contributed by atoms with Crippen molar-refractivity contribution < 1.29 is 9.53 Å². The molecule has 1 aliphatic heterocycles. The first-order valence-corrected chi connectivity index (χ1v) is 10.1. The number of nitrogens with one attached hydrogen (secondary N) is 2. The molecule has 0 saturated carbocycles. The van der Waals surface area contributed by atoms with Crippen molar-refractivity contribution in [3.05, 3.63) is 114 Å². The van der Waals surface area contributed by atoms with Crippen molar-refractivity contribution >= 4 is 23.1 Å². The Bertz CT molecular complexity index is 1050. The van der Waals surface area contributed by atoms with Crippen molar-refractivity contribution in [2.45, 2.75) is 12.6 Å². The summed E-state index contributed by atoms with van der Waals surface area (Å²) in [7, 11) is 0. The van der Waals surface area contributed by atoms with Gasteiger partial charge in [0.2, 0.25) is 0 Å². The molecular formula is C25H22N2O2S. The molecule has 0 aromatic heterocycles. The van der Waals surface area contributed by atoms with Crippen LogP contribution < -0.4 is 15.4 Å².